The van der Waals surface area contributed by atoms with Crippen LogP contribution in [0.2, 0.25) is 0 Å². The Bertz CT molecular complexity index is 570. The highest BCUT2D eigenvalue weighted by Gasteiger charge is 2.27. The van der Waals surface area contributed by atoms with E-state index in [0.29, 0.717) is 12.4 Å². The molecule has 1 aromatic heterocycles. The molecule has 1 aromatic carbocycles. The van der Waals surface area contributed by atoms with Crippen LogP contribution in [0.15, 0.2) is 34.9 Å². The maximum Gasteiger partial charge on any atom is 0.240 e. The van der Waals surface area contributed by atoms with Crippen LogP contribution in [0.1, 0.15) is 37.2 Å². The number of benzene rings is 1. The van der Waals surface area contributed by atoms with E-state index in [1.165, 1.54) is 5.56 Å². The highest BCUT2D eigenvalue weighted by molar-refractivity contribution is 5.18. The quantitative estimate of drug-likeness (QED) is 0.865. The standard InChI is InChI=1S/C16H21N3O2/c1-3-15-17-16(21-18-15)11-19-9-12(2)20-14(10-19)13-7-5-4-6-8-13/h4-8,12,14H,3,9-11H2,1-2H3. The first-order chi connectivity index (χ1) is 10.2. The fourth-order valence-electron chi connectivity index (χ4n) is 2.71. The summed E-state index contributed by atoms with van der Waals surface area (Å²) in [6.45, 7) is 6.54. The molecule has 2 heterocycles. The minimum absolute atomic E-state index is 0.100. The lowest BCUT2D eigenvalue weighted by Gasteiger charge is -2.36. The molecule has 0 amide bonds. The van der Waals surface area contributed by atoms with E-state index in [1.54, 1.807) is 0 Å². The third-order valence-corrected chi connectivity index (χ3v) is 3.69. The van der Waals surface area contributed by atoms with Crippen molar-refractivity contribution in [2.24, 2.45) is 0 Å². The second kappa shape index (κ2) is 6.37. The van der Waals surface area contributed by atoms with Gasteiger partial charge in [-0.15, -0.1) is 0 Å². The van der Waals surface area contributed by atoms with Crippen LogP contribution in [0, 0.1) is 0 Å². The van der Waals surface area contributed by atoms with Gasteiger partial charge in [-0.25, -0.2) is 0 Å². The van der Waals surface area contributed by atoms with Crippen molar-refractivity contribution < 1.29 is 9.26 Å². The highest BCUT2D eigenvalue weighted by Crippen LogP contribution is 2.25. The minimum atomic E-state index is 0.100. The topological polar surface area (TPSA) is 51.4 Å². The normalized spacial score (nSPS) is 23.3. The molecular weight excluding hydrogens is 266 g/mol. The monoisotopic (exact) mass is 287 g/mol. The van der Waals surface area contributed by atoms with Gasteiger partial charge in [-0.1, -0.05) is 42.4 Å². The Balaban J connectivity index is 1.68. The lowest BCUT2D eigenvalue weighted by Crippen LogP contribution is -2.42. The molecule has 2 atom stereocenters. The van der Waals surface area contributed by atoms with Crippen LogP contribution < -0.4 is 0 Å². The summed E-state index contributed by atoms with van der Waals surface area (Å²) in [5.41, 5.74) is 1.22. The van der Waals surface area contributed by atoms with Crippen molar-refractivity contribution in [2.45, 2.75) is 39.0 Å². The van der Waals surface area contributed by atoms with Crippen molar-refractivity contribution in [3.63, 3.8) is 0 Å². The van der Waals surface area contributed by atoms with Crippen LogP contribution in [-0.4, -0.2) is 34.2 Å². The fraction of sp³-hybridized carbons (Fsp3) is 0.500. The van der Waals surface area contributed by atoms with Crippen LogP contribution in [0.5, 0.6) is 0 Å². The molecule has 3 rings (SSSR count). The molecule has 0 spiro atoms. The third-order valence-electron chi connectivity index (χ3n) is 3.69. The van der Waals surface area contributed by atoms with E-state index in [4.69, 9.17) is 9.26 Å². The number of nitrogens with zero attached hydrogens (tertiary/aromatic N) is 3. The Kier molecular flexibility index (Phi) is 4.31. The van der Waals surface area contributed by atoms with Crippen molar-refractivity contribution in [2.75, 3.05) is 13.1 Å². The molecule has 0 bridgehead atoms. The highest BCUT2D eigenvalue weighted by atomic mass is 16.5. The molecular formula is C16H21N3O2. The van der Waals surface area contributed by atoms with Gasteiger partial charge in [0.05, 0.1) is 18.8 Å². The molecule has 1 fully saturated rings. The molecule has 1 aliphatic rings. The Morgan fingerprint density at radius 1 is 1.24 bits per heavy atom. The number of ether oxygens (including phenoxy) is 1. The molecule has 0 radical (unpaired) electrons. The first kappa shape index (κ1) is 14.2. The number of aromatic nitrogens is 2. The fourth-order valence-corrected chi connectivity index (χ4v) is 2.71. The predicted octanol–water partition coefficient (Wildman–Crippen LogP) is 2.59. The minimum Gasteiger partial charge on any atom is -0.368 e. The van der Waals surface area contributed by atoms with Gasteiger partial charge in [-0.05, 0) is 12.5 Å². The zero-order valence-corrected chi connectivity index (χ0v) is 12.5. The second-order valence-electron chi connectivity index (χ2n) is 5.50. The summed E-state index contributed by atoms with van der Waals surface area (Å²) in [5, 5.41) is 3.95. The summed E-state index contributed by atoms with van der Waals surface area (Å²) in [6.07, 6.45) is 1.09. The number of hydrogen-bond donors (Lipinski definition) is 0. The molecule has 112 valence electrons. The molecule has 2 aromatic rings. The van der Waals surface area contributed by atoms with Crippen molar-refractivity contribution in [1.82, 2.24) is 15.0 Å². The van der Waals surface area contributed by atoms with E-state index in [2.05, 4.69) is 34.1 Å². The van der Waals surface area contributed by atoms with Gasteiger partial charge in [0.2, 0.25) is 5.89 Å². The van der Waals surface area contributed by atoms with Crippen LogP contribution >= 0.6 is 0 Å². The first-order valence-corrected chi connectivity index (χ1v) is 7.49. The summed E-state index contributed by atoms with van der Waals surface area (Å²) in [5.74, 6) is 1.46. The maximum absolute atomic E-state index is 6.06. The van der Waals surface area contributed by atoms with E-state index in [1.807, 2.05) is 25.1 Å². The molecule has 0 aliphatic carbocycles. The first-order valence-electron chi connectivity index (χ1n) is 7.49. The molecule has 5 nitrogen and oxygen atoms in total. The van der Waals surface area contributed by atoms with E-state index in [0.717, 1.165) is 25.3 Å². The summed E-state index contributed by atoms with van der Waals surface area (Å²) in [7, 11) is 0. The van der Waals surface area contributed by atoms with Gasteiger partial charge in [0, 0.05) is 19.5 Å². The van der Waals surface area contributed by atoms with Gasteiger partial charge in [0.25, 0.3) is 0 Å². The Labute approximate surface area is 124 Å². The van der Waals surface area contributed by atoms with Gasteiger partial charge in [0.15, 0.2) is 5.82 Å². The molecule has 1 saturated heterocycles. The zero-order valence-electron chi connectivity index (χ0n) is 12.5. The van der Waals surface area contributed by atoms with Crippen LogP contribution in [0.25, 0.3) is 0 Å². The maximum atomic E-state index is 6.06. The number of aryl methyl sites for hydroxylation is 1. The van der Waals surface area contributed by atoms with Crippen molar-refractivity contribution in [3.8, 4) is 0 Å². The smallest absolute Gasteiger partial charge is 0.240 e. The van der Waals surface area contributed by atoms with E-state index >= 15 is 0 Å². The van der Waals surface area contributed by atoms with Gasteiger partial charge < -0.3 is 9.26 Å². The van der Waals surface area contributed by atoms with Crippen molar-refractivity contribution >= 4 is 0 Å². The number of hydrogen-bond acceptors (Lipinski definition) is 5. The Morgan fingerprint density at radius 3 is 2.76 bits per heavy atom. The number of morpholine rings is 1. The summed E-state index contributed by atoms with van der Waals surface area (Å²) in [6, 6.07) is 10.4. The summed E-state index contributed by atoms with van der Waals surface area (Å²) < 4.78 is 11.3. The average molecular weight is 287 g/mol. The SMILES string of the molecule is CCc1noc(CN2CC(C)OC(c3ccccc3)C2)n1. The molecule has 5 heteroatoms. The van der Waals surface area contributed by atoms with Crippen LogP contribution in [0.3, 0.4) is 0 Å². The van der Waals surface area contributed by atoms with Crippen LogP contribution in [-0.2, 0) is 17.7 Å². The molecule has 2 unspecified atom stereocenters. The van der Waals surface area contributed by atoms with E-state index < -0.39 is 0 Å². The average Bonchev–Trinajstić information content (AvgIpc) is 2.95. The van der Waals surface area contributed by atoms with Gasteiger partial charge in [-0.2, -0.15) is 4.98 Å². The molecule has 0 N–H and O–H groups in total. The molecule has 21 heavy (non-hydrogen) atoms. The van der Waals surface area contributed by atoms with Gasteiger partial charge >= 0.3 is 0 Å². The van der Waals surface area contributed by atoms with Crippen molar-refractivity contribution in [3.05, 3.63) is 47.6 Å². The van der Waals surface area contributed by atoms with Crippen molar-refractivity contribution in [1.29, 1.82) is 0 Å². The van der Waals surface area contributed by atoms with Crippen LogP contribution in [0.4, 0.5) is 0 Å². The van der Waals surface area contributed by atoms with Gasteiger partial charge in [0.1, 0.15) is 0 Å². The van der Waals surface area contributed by atoms with E-state index in [9.17, 15) is 0 Å². The van der Waals surface area contributed by atoms with Gasteiger partial charge in [-0.3, -0.25) is 4.90 Å². The largest absolute Gasteiger partial charge is 0.368 e. The lowest BCUT2D eigenvalue weighted by atomic mass is 10.1. The third kappa shape index (κ3) is 3.49. The molecule has 1 aliphatic heterocycles. The Morgan fingerprint density at radius 2 is 2.05 bits per heavy atom. The van der Waals surface area contributed by atoms with E-state index in [-0.39, 0.29) is 12.2 Å². The second-order valence-corrected chi connectivity index (χ2v) is 5.50. The zero-order chi connectivity index (χ0) is 14.7. The summed E-state index contributed by atoms with van der Waals surface area (Å²) >= 11 is 0. The Hall–Kier alpha value is -1.72. The predicted molar refractivity (Wildman–Crippen MR) is 78.7 cm³/mol. The summed E-state index contributed by atoms with van der Waals surface area (Å²) in [4.78, 5) is 6.70. The molecule has 0 saturated carbocycles. The lowest BCUT2D eigenvalue weighted by molar-refractivity contribution is -0.0832. The number of rotatable bonds is 4.